The van der Waals surface area contributed by atoms with E-state index in [-0.39, 0.29) is 12.1 Å². The molecule has 0 saturated carbocycles. The van der Waals surface area contributed by atoms with Gasteiger partial charge in [-0.1, -0.05) is 43.5 Å². The van der Waals surface area contributed by atoms with Crippen molar-refractivity contribution in [3.05, 3.63) is 79.7 Å². The molecule has 1 fully saturated rings. The Balaban J connectivity index is 1.54. The Morgan fingerprint density at radius 2 is 1.94 bits per heavy atom. The van der Waals surface area contributed by atoms with Crippen LogP contribution >= 0.6 is 0 Å². The Hall–Kier alpha value is -3.54. The third-order valence-corrected chi connectivity index (χ3v) is 5.57. The summed E-state index contributed by atoms with van der Waals surface area (Å²) < 4.78 is 17.4. The zero-order chi connectivity index (χ0) is 25.3. The van der Waals surface area contributed by atoms with Crippen molar-refractivity contribution in [1.29, 1.82) is 0 Å². The topological polar surface area (TPSA) is 60.9 Å². The van der Waals surface area contributed by atoms with Crippen molar-refractivity contribution in [2.75, 3.05) is 19.8 Å². The second-order valence-corrected chi connectivity index (χ2v) is 9.50. The molecule has 1 aliphatic rings. The maximum atomic E-state index is 12.3. The van der Waals surface area contributed by atoms with Gasteiger partial charge in [-0.25, -0.2) is 4.79 Å². The van der Waals surface area contributed by atoms with Crippen LogP contribution in [0.2, 0.25) is 0 Å². The van der Waals surface area contributed by atoms with Gasteiger partial charge in [-0.2, -0.15) is 0 Å². The zero-order valence-electron chi connectivity index (χ0n) is 21.0. The summed E-state index contributed by atoms with van der Waals surface area (Å²) in [4.78, 5) is 18.4. The van der Waals surface area contributed by atoms with Gasteiger partial charge in [-0.15, -0.1) is 0 Å². The first-order valence-corrected chi connectivity index (χ1v) is 12.0. The first-order chi connectivity index (χ1) is 16.8. The van der Waals surface area contributed by atoms with Crippen LogP contribution in [0.1, 0.15) is 40.0 Å². The van der Waals surface area contributed by atoms with Gasteiger partial charge in [0.05, 0.1) is 18.8 Å². The molecule has 35 heavy (non-hydrogen) atoms. The number of pyridine rings is 1. The van der Waals surface area contributed by atoms with Crippen molar-refractivity contribution >= 4 is 6.09 Å². The number of ether oxygens (including phenoxy) is 3. The molecule has 1 unspecified atom stereocenters. The highest BCUT2D eigenvalue weighted by Gasteiger charge is 2.35. The van der Waals surface area contributed by atoms with Crippen molar-refractivity contribution in [3.63, 3.8) is 0 Å². The highest BCUT2D eigenvalue weighted by atomic mass is 16.6. The first kappa shape index (κ1) is 26.1. The standard InChI is InChI=1S/C29H36N2O4/c1-6-10-22(7-2)11-9-16-33-26-13-8-12-23(17-26)24-18-27(20-30-19-24)34-21-25-14-15-31(25)28(32)35-29(3,4)5/h6-8,10,12-13,17-20,25H,1-2,9,11,14-16,21H2,3-5H3/b22-10+. The van der Waals surface area contributed by atoms with Crippen LogP contribution in [0, 0.1) is 0 Å². The number of nitrogens with zero attached hydrogens (tertiary/aromatic N) is 2. The molecule has 2 aromatic rings. The second-order valence-electron chi connectivity index (χ2n) is 9.50. The lowest BCUT2D eigenvalue weighted by atomic mass is 10.1. The molecule has 6 heteroatoms. The van der Waals surface area contributed by atoms with Crippen LogP contribution in [-0.2, 0) is 4.74 Å². The van der Waals surface area contributed by atoms with Gasteiger partial charge in [-0.3, -0.25) is 4.98 Å². The predicted molar refractivity (Wildman–Crippen MR) is 140 cm³/mol. The molecule has 1 aromatic carbocycles. The van der Waals surface area contributed by atoms with Crippen LogP contribution in [0.25, 0.3) is 11.1 Å². The van der Waals surface area contributed by atoms with Crippen LogP contribution in [0.4, 0.5) is 4.79 Å². The molecule has 0 N–H and O–H groups in total. The quantitative estimate of drug-likeness (QED) is 0.270. The van der Waals surface area contributed by atoms with Gasteiger partial charge in [0.15, 0.2) is 0 Å². The summed E-state index contributed by atoms with van der Waals surface area (Å²) >= 11 is 0. The maximum absolute atomic E-state index is 12.3. The van der Waals surface area contributed by atoms with Gasteiger partial charge in [0, 0.05) is 18.3 Å². The summed E-state index contributed by atoms with van der Waals surface area (Å²) in [5, 5.41) is 0. The lowest BCUT2D eigenvalue weighted by molar-refractivity contribution is -0.0141. The van der Waals surface area contributed by atoms with E-state index in [1.807, 2.05) is 63.3 Å². The molecule has 0 radical (unpaired) electrons. The fraction of sp³-hybridized carbons (Fsp3) is 0.379. The first-order valence-electron chi connectivity index (χ1n) is 12.0. The van der Waals surface area contributed by atoms with E-state index in [0.717, 1.165) is 41.7 Å². The van der Waals surface area contributed by atoms with Crippen LogP contribution in [0.15, 0.2) is 79.7 Å². The third kappa shape index (κ3) is 8.02. The average Bonchev–Trinajstić information content (AvgIpc) is 2.79. The molecule has 6 nitrogen and oxygen atoms in total. The van der Waals surface area contributed by atoms with Gasteiger partial charge >= 0.3 is 6.09 Å². The van der Waals surface area contributed by atoms with Crippen LogP contribution < -0.4 is 9.47 Å². The lowest BCUT2D eigenvalue weighted by Crippen LogP contribution is -2.55. The number of carbonyl (C=O) groups is 1. The van der Waals surface area contributed by atoms with Gasteiger partial charge < -0.3 is 19.1 Å². The summed E-state index contributed by atoms with van der Waals surface area (Å²) in [7, 11) is 0. The Morgan fingerprint density at radius 1 is 1.14 bits per heavy atom. The van der Waals surface area contributed by atoms with Gasteiger partial charge in [-0.05, 0) is 69.4 Å². The second kappa shape index (κ2) is 12.2. The predicted octanol–water partition coefficient (Wildman–Crippen LogP) is 6.59. The number of carbonyl (C=O) groups excluding carboxylic acids is 1. The molecule has 0 aliphatic carbocycles. The maximum Gasteiger partial charge on any atom is 0.410 e. The number of rotatable bonds is 11. The zero-order valence-corrected chi connectivity index (χ0v) is 21.0. The van der Waals surface area contributed by atoms with E-state index in [4.69, 9.17) is 14.2 Å². The number of allylic oxidation sites excluding steroid dienone is 4. The van der Waals surface area contributed by atoms with Crippen LogP contribution in [0.3, 0.4) is 0 Å². The van der Waals surface area contributed by atoms with Crippen molar-refractivity contribution in [3.8, 4) is 22.6 Å². The Bertz CT molecular complexity index is 1050. The molecular formula is C29H36N2O4. The largest absolute Gasteiger partial charge is 0.494 e. The molecule has 0 bridgehead atoms. The van der Waals surface area contributed by atoms with E-state index in [1.54, 1.807) is 23.4 Å². The van der Waals surface area contributed by atoms with Crippen LogP contribution in [0.5, 0.6) is 11.5 Å². The van der Waals surface area contributed by atoms with Crippen LogP contribution in [-0.4, -0.2) is 47.4 Å². The minimum absolute atomic E-state index is 0.00756. The van der Waals surface area contributed by atoms with Gasteiger partial charge in [0.2, 0.25) is 0 Å². The third-order valence-electron chi connectivity index (χ3n) is 5.57. The van der Waals surface area contributed by atoms with Gasteiger partial charge in [0.25, 0.3) is 0 Å². The number of amides is 1. The average molecular weight is 477 g/mol. The normalized spacial score (nSPS) is 15.7. The minimum atomic E-state index is -0.508. The molecule has 1 aromatic heterocycles. The fourth-order valence-electron chi connectivity index (χ4n) is 3.66. The van der Waals surface area contributed by atoms with E-state index in [1.165, 1.54) is 0 Å². The number of hydrogen-bond acceptors (Lipinski definition) is 5. The van der Waals surface area contributed by atoms with E-state index in [9.17, 15) is 4.79 Å². The highest BCUT2D eigenvalue weighted by Crippen LogP contribution is 2.27. The number of benzene rings is 1. The highest BCUT2D eigenvalue weighted by molar-refractivity contribution is 5.69. The Kier molecular flexibility index (Phi) is 9.12. The van der Waals surface area contributed by atoms with E-state index in [2.05, 4.69) is 18.1 Å². The molecular weight excluding hydrogens is 440 g/mol. The number of aromatic nitrogens is 1. The van der Waals surface area contributed by atoms with Crippen molar-refractivity contribution in [2.45, 2.75) is 51.7 Å². The Morgan fingerprint density at radius 3 is 2.63 bits per heavy atom. The monoisotopic (exact) mass is 476 g/mol. The van der Waals surface area contributed by atoms with E-state index in [0.29, 0.717) is 25.5 Å². The summed E-state index contributed by atoms with van der Waals surface area (Å²) in [6, 6.07) is 9.91. The van der Waals surface area contributed by atoms with Crippen molar-refractivity contribution in [2.24, 2.45) is 0 Å². The molecule has 3 rings (SSSR count). The summed E-state index contributed by atoms with van der Waals surface area (Å²) in [5.74, 6) is 1.47. The summed E-state index contributed by atoms with van der Waals surface area (Å²) in [6.45, 7) is 14.9. The van der Waals surface area contributed by atoms with E-state index < -0.39 is 5.60 Å². The Labute approximate surface area is 208 Å². The van der Waals surface area contributed by atoms with Crippen molar-refractivity contribution < 1.29 is 19.0 Å². The lowest BCUT2D eigenvalue weighted by Gasteiger charge is -2.40. The molecule has 2 heterocycles. The SMILES string of the molecule is C=C/C=C(\C=C)CCCOc1cccc(-c2cncc(OCC3CCN3C(=O)OC(C)(C)C)c2)c1. The molecule has 186 valence electrons. The van der Waals surface area contributed by atoms with Crippen molar-refractivity contribution in [1.82, 2.24) is 9.88 Å². The minimum Gasteiger partial charge on any atom is -0.494 e. The molecule has 1 saturated heterocycles. The molecule has 1 amide bonds. The summed E-state index contributed by atoms with van der Waals surface area (Å²) in [6.07, 6.45) is 11.5. The number of hydrogen-bond donors (Lipinski definition) is 0. The van der Waals surface area contributed by atoms with E-state index >= 15 is 0 Å². The summed E-state index contributed by atoms with van der Waals surface area (Å²) in [5.41, 5.74) is 2.58. The smallest absolute Gasteiger partial charge is 0.410 e. The van der Waals surface area contributed by atoms with Gasteiger partial charge in [0.1, 0.15) is 23.7 Å². The molecule has 1 aliphatic heterocycles. The molecule has 0 spiro atoms. The molecule has 1 atom stereocenters. The number of likely N-dealkylation sites (tertiary alicyclic amines) is 1. The fourth-order valence-corrected chi connectivity index (χ4v) is 3.66.